The summed E-state index contributed by atoms with van der Waals surface area (Å²) in [5, 5.41) is 22.6. The number of piperazine rings is 1. The Morgan fingerprint density at radius 3 is 2.43 bits per heavy atom. The summed E-state index contributed by atoms with van der Waals surface area (Å²) in [4.78, 5) is 24.2. The van der Waals surface area contributed by atoms with Crippen molar-refractivity contribution in [1.29, 1.82) is 0 Å². The summed E-state index contributed by atoms with van der Waals surface area (Å²) in [7, 11) is 2.20. The molecule has 12 nitrogen and oxygen atoms in total. The predicted molar refractivity (Wildman–Crippen MR) is 173 cm³/mol. The highest BCUT2D eigenvalue weighted by atomic mass is 32.2. The third-order valence-corrected chi connectivity index (χ3v) is 10.3. The molecule has 228 valence electrons. The second-order valence-electron chi connectivity index (χ2n) is 11.9. The van der Waals surface area contributed by atoms with Crippen molar-refractivity contribution in [3.8, 4) is 11.3 Å². The van der Waals surface area contributed by atoms with Crippen LogP contribution in [0, 0.1) is 10.1 Å². The molecule has 2 aromatic carbocycles. The average Bonchev–Trinajstić information content (AvgIpc) is 3.64. The highest BCUT2D eigenvalue weighted by molar-refractivity contribution is 8.03. The van der Waals surface area contributed by atoms with Gasteiger partial charge in [0.05, 0.1) is 27.6 Å². The predicted octanol–water partition coefficient (Wildman–Crippen LogP) is 4.12. The molecule has 4 heterocycles. The average molecular weight is 613 g/mol. The minimum absolute atomic E-state index is 0.0292. The molecule has 1 unspecified atom stereocenters. The van der Waals surface area contributed by atoms with E-state index in [1.54, 1.807) is 18.2 Å². The van der Waals surface area contributed by atoms with Gasteiger partial charge in [-0.15, -0.1) is 0 Å². The third-order valence-electron chi connectivity index (χ3n) is 9.25. The molecule has 0 radical (unpaired) electrons. The minimum Gasteiger partial charge on any atom is -0.383 e. The number of fused-ring (bicyclic) bond motifs is 1. The monoisotopic (exact) mass is 612 g/mol. The summed E-state index contributed by atoms with van der Waals surface area (Å²) in [5.74, 6) is 0.410. The van der Waals surface area contributed by atoms with E-state index in [4.69, 9.17) is 16.6 Å². The van der Waals surface area contributed by atoms with Gasteiger partial charge in [0.2, 0.25) is 0 Å². The van der Waals surface area contributed by atoms with Crippen molar-refractivity contribution in [3.05, 3.63) is 81.5 Å². The highest BCUT2D eigenvalue weighted by Crippen LogP contribution is 2.42. The molecule has 0 amide bonds. The number of rotatable bonds is 6. The molecule has 3 aliphatic rings. The van der Waals surface area contributed by atoms with Crippen LogP contribution in [0.1, 0.15) is 42.9 Å². The summed E-state index contributed by atoms with van der Waals surface area (Å²) >= 11 is 1.38. The fraction of sp³-hybridized carbons (Fsp3) is 0.387. The molecule has 5 N–H and O–H groups in total. The molecule has 0 bridgehead atoms. The van der Waals surface area contributed by atoms with E-state index in [0.717, 1.165) is 79.7 Å². The number of benzene rings is 2. The number of nitrogens with one attached hydrogen (secondary N) is 1. The number of aromatic nitrogens is 4. The number of anilines is 1. The van der Waals surface area contributed by atoms with Crippen molar-refractivity contribution in [2.75, 3.05) is 39.0 Å². The number of nitro groups is 1. The summed E-state index contributed by atoms with van der Waals surface area (Å²) in [6, 6.07) is 15.4. The second kappa shape index (κ2) is 11.5. The van der Waals surface area contributed by atoms with E-state index in [-0.39, 0.29) is 16.7 Å². The minimum atomic E-state index is -0.983. The fourth-order valence-electron chi connectivity index (χ4n) is 6.73. The Balaban J connectivity index is 1.12. The molecule has 1 aliphatic carbocycles. The number of nitrogens with zero attached hydrogens (tertiary/aromatic N) is 7. The van der Waals surface area contributed by atoms with Gasteiger partial charge in [-0.25, -0.2) is 14.6 Å². The normalized spacial score (nSPS) is 24.7. The molecule has 2 aromatic heterocycles. The Labute approximate surface area is 259 Å². The zero-order valence-electron chi connectivity index (χ0n) is 24.6. The lowest BCUT2D eigenvalue weighted by atomic mass is 9.90. The zero-order chi connectivity index (χ0) is 30.4. The molecule has 2 aliphatic heterocycles. The molecule has 4 aromatic rings. The van der Waals surface area contributed by atoms with Crippen LogP contribution in [-0.4, -0.2) is 73.7 Å². The Morgan fingerprint density at radius 2 is 1.70 bits per heavy atom. The van der Waals surface area contributed by atoms with E-state index >= 15 is 0 Å². The third kappa shape index (κ3) is 5.19. The van der Waals surface area contributed by atoms with Crippen molar-refractivity contribution < 1.29 is 4.92 Å². The smallest absolute Gasteiger partial charge is 0.278 e. The van der Waals surface area contributed by atoms with Gasteiger partial charge in [-0.05, 0) is 44.2 Å². The molecule has 0 spiro atoms. The molecular weight excluding hydrogens is 576 g/mol. The largest absolute Gasteiger partial charge is 0.383 e. The molecule has 2 fully saturated rings. The maximum absolute atomic E-state index is 11.6. The van der Waals surface area contributed by atoms with Crippen molar-refractivity contribution in [2.45, 2.75) is 42.8 Å². The number of hydrogen-bond donors (Lipinski definition) is 3. The second-order valence-corrected chi connectivity index (χ2v) is 13.0. The van der Waals surface area contributed by atoms with Crippen LogP contribution in [0.3, 0.4) is 0 Å². The first-order chi connectivity index (χ1) is 21.3. The van der Waals surface area contributed by atoms with Crippen LogP contribution in [0.4, 0.5) is 11.5 Å². The lowest BCUT2D eigenvalue weighted by Crippen LogP contribution is -2.49. The summed E-state index contributed by atoms with van der Waals surface area (Å²) in [5.41, 5.74) is 17.6. The van der Waals surface area contributed by atoms with Gasteiger partial charge in [-0.2, -0.15) is 5.10 Å². The first-order valence-corrected chi connectivity index (χ1v) is 15.9. The number of nitrogens with two attached hydrogens (primary N) is 2. The van der Waals surface area contributed by atoms with Gasteiger partial charge in [0.15, 0.2) is 10.6 Å². The summed E-state index contributed by atoms with van der Waals surface area (Å²) < 4.78 is 2.07. The number of thioether (sulfide) groups is 1. The van der Waals surface area contributed by atoms with Crippen LogP contribution >= 0.6 is 11.8 Å². The van der Waals surface area contributed by atoms with Crippen LogP contribution in [0.15, 0.2) is 60.3 Å². The standard InChI is InChI=1S/C31H36N10O2S/c1-38-14-16-39(17-15-38)22-10-12-23(13-11-22)40-30-27(29(32)34-19-35-30)28(37-40)20-6-8-21(9-7-20)31(33)36-25(18-44-31)24-4-2-3-5-26(24)41(42)43/h2-9,18-19,22-23,36H,10-17,33H2,1H3,(H2,32,34,35). The SMILES string of the molecule is CN1CCN(C2CCC(n3nc(-c4ccc(C5(N)NC(c6ccccc6[N+](=O)[O-])=CS5)cc4)c4c(N)ncnc43)CC2)CC1. The molecule has 44 heavy (non-hydrogen) atoms. The van der Waals surface area contributed by atoms with Gasteiger partial charge in [-0.1, -0.05) is 48.2 Å². The quantitative estimate of drug-likeness (QED) is 0.213. The van der Waals surface area contributed by atoms with Crippen molar-refractivity contribution >= 4 is 40.0 Å². The Morgan fingerprint density at radius 1 is 1.00 bits per heavy atom. The molecular formula is C31H36N10O2S. The summed E-state index contributed by atoms with van der Waals surface area (Å²) in [6.07, 6.45) is 5.89. The van der Waals surface area contributed by atoms with E-state index in [0.29, 0.717) is 23.1 Å². The van der Waals surface area contributed by atoms with Gasteiger partial charge in [0, 0.05) is 49.4 Å². The van der Waals surface area contributed by atoms with Gasteiger partial charge >= 0.3 is 0 Å². The Hall–Kier alpha value is -4.04. The number of nitro benzene ring substituents is 1. The number of hydrogen-bond acceptors (Lipinski definition) is 11. The number of likely N-dealkylation sites (N-methyl/N-ethyl adjacent to an activating group) is 1. The zero-order valence-corrected chi connectivity index (χ0v) is 25.4. The molecule has 13 heteroatoms. The molecule has 7 rings (SSSR count). The van der Waals surface area contributed by atoms with Gasteiger partial charge in [0.25, 0.3) is 5.69 Å². The molecule has 1 saturated carbocycles. The van der Waals surface area contributed by atoms with Crippen LogP contribution in [0.25, 0.3) is 28.0 Å². The van der Waals surface area contributed by atoms with Gasteiger partial charge in [-0.3, -0.25) is 20.7 Å². The van der Waals surface area contributed by atoms with Crippen LogP contribution in [-0.2, 0) is 4.99 Å². The van der Waals surface area contributed by atoms with Crippen LogP contribution < -0.4 is 16.8 Å². The van der Waals surface area contributed by atoms with E-state index in [1.165, 1.54) is 24.2 Å². The Bertz CT molecular complexity index is 1730. The van der Waals surface area contributed by atoms with E-state index in [2.05, 4.69) is 36.8 Å². The topological polar surface area (TPSA) is 157 Å². The Kier molecular flexibility index (Phi) is 7.49. The van der Waals surface area contributed by atoms with Gasteiger partial charge < -0.3 is 16.0 Å². The van der Waals surface area contributed by atoms with E-state index in [1.807, 2.05) is 29.7 Å². The van der Waals surface area contributed by atoms with Crippen LogP contribution in [0.2, 0.25) is 0 Å². The maximum atomic E-state index is 11.6. The van der Waals surface area contributed by atoms with Crippen molar-refractivity contribution in [1.82, 2.24) is 34.9 Å². The van der Waals surface area contributed by atoms with E-state index in [9.17, 15) is 10.1 Å². The molecule has 1 atom stereocenters. The molecule has 1 saturated heterocycles. The lowest BCUT2D eigenvalue weighted by molar-refractivity contribution is -0.385. The number of para-hydroxylation sites is 1. The van der Waals surface area contributed by atoms with Gasteiger partial charge in [0.1, 0.15) is 17.8 Å². The summed E-state index contributed by atoms with van der Waals surface area (Å²) in [6.45, 7) is 4.55. The van der Waals surface area contributed by atoms with Crippen molar-refractivity contribution in [2.24, 2.45) is 5.73 Å². The van der Waals surface area contributed by atoms with Crippen LogP contribution in [0.5, 0.6) is 0 Å². The highest BCUT2D eigenvalue weighted by Gasteiger charge is 2.35. The van der Waals surface area contributed by atoms with Crippen molar-refractivity contribution in [3.63, 3.8) is 0 Å². The first-order valence-electron chi connectivity index (χ1n) is 15.0. The fourth-order valence-corrected chi connectivity index (χ4v) is 7.66. The first kappa shape index (κ1) is 28.7. The number of nitrogen functional groups attached to an aromatic ring is 1. The van der Waals surface area contributed by atoms with E-state index < -0.39 is 4.99 Å². The lowest BCUT2D eigenvalue weighted by Gasteiger charge is -2.41. The maximum Gasteiger partial charge on any atom is 0.278 e.